The number of carbonyl (C=O) groups excluding carboxylic acids is 1. The number of aryl methyl sites for hydroxylation is 2. The second-order valence-electron chi connectivity index (χ2n) is 6.36. The summed E-state index contributed by atoms with van der Waals surface area (Å²) in [5.74, 6) is 0.967. The van der Waals surface area contributed by atoms with Crippen molar-refractivity contribution in [1.29, 1.82) is 0 Å². The van der Waals surface area contributed by atoms with Crippen molar-refractivity contribution in [1.82, 2.24) is 14.9 Å². The molecule has 7 heteroatoms. The zero-order valence-electron chi connectivity index (χ0n) is 13.9. The third-order valence-corrected chi connectivity index (χ3v) is 6.06. The van der Waals surface area contributed by atoms with Crippen molar-refractivity contribution in [2.45, 2.75) is 45.1 Å². The van der Waals surface area contributed by atoms with Gasteiger partial charge in [-0.25, -0.2) is 14.8 Å². The Balaban J connectivity index is 1.47. The Bertz CT molecular complexity index is 752. The minimum Gasteiger partial charge on any atom is -0.450 e. The summed E-state index contributed by atoms with van der Waals surface area (Å²) in [5, 5.41) is 4.83. The van der Waals surface area contributed by atoms with E-state index in [1.165, 1.54) is 28.7 Å². The molecule has 2 aromatic rings. The number of hydrogen-bond acceptors (Lipinski definition) is 6. The van der Waals surface area contributed by atoms with Crippen LogP contribution in [-0.4, -0.2) is 46.7 Å². The molecule has 1 amide bonds. The summed E-state index contributed by atoms with van der Waals surface area (Å²) in [6.07, 6.45) is 6.84. The van der Waals surface area contributed by atoms with Crippen LogP contribution in [0.3, 0.4) is 0 Å². The molecule has 0 spiro atoms. The van der Waals surface area contributed by atoms with Gasteiger partial charge in [0.15, 0.2) is 0 Å². The van der Waals surface area contributed by atoms with Gasteiger partial charge in [-0.1, -0.05) is 0 Å². The van der Waals surface area contributed by atoms with E-state index in [4.69, 9.17) is 4.74 Å². The first-order valence-electron chi connectivity index (χ1n) is 8.69. The Hall–Kier alpha value is -1.89. The average Bonchev–Trinajstić information content (AvgIpc) is 3.17. The van der Waals surface area contributed by atoms with Gasteiger partial charge in [0.2, 0.25) is 0 Å². The maximum Gasteiger partial charge on any atom is 0.409 e. The van der Waals surface area contributed by atoms with Gasteiger partial charge in [-0.3, -0.25) is 0 Å². The van der Waals surface area contributed by atoms with E-state index in [1.807, 2.05) is 18.3 Å². The van der Waals surface area contributed by atoms with Gasteiger partial charge in [0.25, 0.3) is 0 Å². The normalized spacial score (nSPS) is 18.0. The predicted octanol–water partition coefficient (Wildman–Crippen LogP) is 3.21. The van der Waals surface area contributed by atoms with Crippen molar-refractivity contribution >= 4 is 33.5 Å². The molecule has 2 aromatic heterocycles. The number of likely N-dealkylation sites (tertiary alicyclic amines) is 1. The SMILES string of the molecule is CCOC(=O)N1CCC(Nc2ncnc3sc4c(c23)CCC4)CC1. The molecule has 0 bridgehead atoms. The lowest BCUT2D eigenvalue weighted by Gasteiger charge is -2.32. The molecule has 1 fully saturated rings. The standard InChI is InChI=1S/C17H22N4O2S/c1-2-23-17(22)21-8-6-11(7-9-21)20-15-14-12-4-3-5-13(12)24-16(14)19-10-18-15/h10-11H,2-9H2,1H3,(H,18,19,20). The molecule has 1 aliphatic carbocycles. The smallest absolute Gasteiger partial charge is 0.409 e. The van der Waals surface area contributed by atoms with Crippen LogP contribution in [0.5, 0.6) is 0 Å². The van der Waals surface area contributed by atoms with E-state index in [9.17, 15) is 4.79 Å². The molecule has 1 N–H and O–H groups in total. The summed E-state index contributed by atoms with van der Waals surface area (Å²) >= 11 is 1.81. The molecule has 1 saturated heterocycles. The fraction of sp³-hybridized carbons (Fsp3) is 0.588. The number of amides is 1. The maximum atomic E-state index is 11.8. The van der Waals surface area contributed by atoms with Crippen LogP contribution < -0.4 is 5.32 Å². The molecule has 2 aliphatic rings. The highest BCUT2D eigenvalue weighted by Crippen LogP contribution is 2.39. The first kappa shape index (κ1) is 15.6. The molecule has 0 aromatic carbocycles. The average molecular weight is 346 g/mol. The summed E-state index contributed by atoms with van der Waals surface area (Å²) in [4.78, 5) is 25.1. The van der Waals surface area contributed by atoms with Crippen molar-refractivity contribution in [2.75, 3.05) is 25.0 Å². The van der Waals surface area contributed by atoms with Gasteiger partial charge in [-0.05, 0) is 44.6 Å². The van der Waals surface area contributed by atoms with Crippen LogP contribution in [0.1, 0.15) is 36.6 Å². The van der Waals surface area contributed by atoms with Gasteiger partial charge in [0, 0.05) is 24.0 Å². The third kappa shape index (κ3) is 2.81. The van der Waals surface area contributed by atoms with Gasteiger partial charge < -0.3 is 15.0 Å². The van der Waals surface area contributed by atoms with Gasteiger partial charge in [-0.2, -0.15) is 0 Å². The van der Waals surface area contributed by atoms with Crippen molar-refractivity contribution in [3.63, 3.8) is 0 Å². The lowest BCUT2D eigenvalue weighted by molar-refractivity contribution is 0.0983. The molecule has 6 nitrogen and oxygen atoms in total. The summed E-state index contributed by atoms with van der Waals surface area (Å²) in [6.45, 7) is 3.73. The second-order valence-corrected chi connectivity index (χ2v) is 7.45. The topological polar surface area (TPSA) is 67.3 Å². The number of aromatic nitrogens is 2. The number of rotatable bonds is 3. The monoisotopic (exact) mass is 346 g/mol. The number of hydrogen-bond donors (Lipinski definition) is 1. The lowest BCUT2D eigenvalue weighted by Crippen LogP contribution is -2.42. The Morgan fingerprint density at radius 2 is 2.21 bits per heavy atom. The van der Waals surface area contributed by atoms with Crippen LogP contribution in [0.25, 0.3) is 10.2 Å². The van der Waals surface area contributed by atoms with Crippen molar-refractivity contribution in [3.8, 4) is 0 Å². The van der Waals surface area contributed by atoms with Crippen LogP contribution in [0, 0.1) is 0 Å². The van der Waals surface area contributed by atoms with Crippen LogP contribution in [-0.2, 0) is 17.6 Å². The lowest BCUT2D eigenvalue weighted by atomic mass is 10.0. The number of carbonyl (C=O) groups is 1. The number of fused-ring (bicyclic) bond motifs is 3. The molecule has 128 valence electrons. The third-order valence-electron chi connectivity index (χ3n) is 4.86. The van der Waals surface area contributed by atoms with Crippen LogP contribution in [0.15, 0.2) is 6.33 Å². The van der Waals surface area contributed by atoms with E-state index in [0.29, 0.717) is 12.6 Å². The highest BCUT2D eigenvalue weighted by Gasteiger charge is 2.26. The molecule has 24 heavy (non-hydrogen) atoms. The Morgan fingerprint density at radius 3 is 3.00 bits per heavy atom. The Kier molecular flexibility index (Phi) is 4.26. The molecule has 0 saturated carbocycles. The maximum absolute atomic E-state index is 11.8. The van der Waals surface area contributed by atoms with E-state index in [0.717, 1.165) is 43.0 Å². The minimum absolute atomic E-state index is 0.198. The summed E-state index contributed by atoms with van der Waals surface area (Å²) in [5.41, 5.74) is 1.45. The predicted molar refractivity (Wildman–Crippen MR) is 94.7 cm³/mol. The quantitative estimate of drug-likeness (QED) is 0.924. The van der Waals surface area contributed by atoms with Crippen molar-refractivity contribution < 1.29 is 9.53 Å². The fourth-order valence-electron chi connectivity index (χ4n) is 3.65. The van der Waals surface area contributed by atoms with E-state index >= 15 is 0 Å². The highest BCUT2D eigenvalue weighted by atomic mass is 32.1. The Labute approximate surface area is 145 Å². The first-order chi connectivity index (χ1) is 11.8. The van der Waals surface area contributed by atoms with Gasteiger partial charge >= 0.3 is 6.09 Å². The Morgan fingerprint density at radius 1 is 1.38 bits per heavy atom. The van der Waals surface area contributed by atoms with E-state index in [1.54, 1.807) is 11.2 Å². The van der Waals surface area contributed by atoms with Crippen LogP contribution in [0.2, 0.25) is 0 Å². The molecule has 0 atom stereocenters. The molecule has 3 heterocycles. The number of piperidine rings is 1. The van der Waals surface area contributed by atoms with Crippen molar-refractivity contribution in [3.05, 3.63) is 16.8 Å². The van der Waals surface area contributed by atoms with Gasteiger partial charge in [-0.15, -0.1) is 11.3 Å². The molecule has 1 aliphatic heterocycles. The summed E-state index contributed by atoms with van der Waals surface area (Å²) in [6, 6.07) is 0.339. The molecular weight excluding hydrogens is 324 g/mol. The van der Waals surface area contributed by atoms with E-state index in [2.05, 4.69) is 15.3 Å². The largest absolute Gasteiger partial charge is 0.450 e. The first-order valence-corrected chi connectivity index (χ1v) is 9.51. The zero-order valence-corrected chi connectivity index (χ0v) is 14.7. The molecule has 0 unspecified atom stereocenters. The van der Waals surface area contributed by atoms with Crippen molar-refractivity contribution in [2.24, 2.45) is 0 Å². The number of ether oxygens (including phenoxy) is 1. The number of thiophene rings is 1. The minimum atomic E-state index is -0.198. The second kappa shape index (κ2) is 6.55. The van der Waals surface area contributed by atoms with Gasteiger partial charge in [0.05, 0.1) is 12.0 Å². The molecule has 4 rings (SSSR count). The van der Waals surface area contributed by atoms with Crippen LogP contribution >= 0.6 is 11.3 Å². The number of anilines is 1. The number of nitrogens with one attached hydrogen (secondary N) is 1. The summed E-state index contributed by atoms with van der Waals surface area (Å²) in [7, 11) is 0. The number of nitrogens with zero attached hydrogens (tertiary/aromatic N) is 3. The van der Waals surface area contributed by atoms with Gasteiger partial charge in [0.1, 0.15) is 17.0 Å². The molecular formula is C17H22N4O2S. The fourth-order valence-corrected chi connectivity index (χ4v) is 4.88. The molecule has 0 radical (unpaired) electrons. The summed E-state index contributed by atoms with van der Waals surface area (Å²) < 4.78 is 5.08. The van der Waals surface area contributed by atoms with E-state index in [-0.39, 0.29) is 6.09 Å². The van der Waals surface area contributed by atoms with Crippen LogP contribution in [0.4, 0.5) is 10.6 Å². The zero-order chi connectivity index (χ0) is 16.5. The van der Waals surface area contributed by atoms with E-state index < -0.39 is 0 Å². The highest BCUT2D eigenvalue weighted by molar-refractivity contribution is 7.19.